The van der Waals surface area contributed by atoms with E-state index >= 15 is 0 Å². The molecule has 2 N–H and O–H groups in total. The van der Waals surface area contributed by atoms with Crippen LogP contribution in [0.1, 0.15) is 140 Å². The summed E-state index contributed by atoms with van der Waals surface area (Å²) in [7, 11) is 0. The molecule has 64 heavy (non-hydrogen) atoms. The molecule has 12 nitrogen and oxygen atoms in total. The number of nitrogens with zero attached hydrogens (tertiary/aromatic N) is 4. The summed E-state index contributed by atoms with van der Waals surface area (Å²) in [5.41, 5.74) is 3.07. The number of carbonyl (C=O) groups excluding carboxylic acids is 6. The minimum atomic E-state index is -0.708. The number of benzene rings is 3. The lowest BCUT2D eigenvalue weighted by Gasteiger charge is -2.35. The molecule has 2 saturated carbocycles. The van der Waals surface area contributed by atoms with E-state index in [-0.39, 0.29) is 85.7 Å². The van der Waals surface area contributed by atoms with Gasteiger partial charge in [-0.25, -0.2) is 4.79 Å². The van der Waals surface area contributed by atoms with Gasteiger partial charge in [0, 0.05) is 67.8 Å². The first-order valence-electron chi connectivity index (χ1n) is 24.2. The molecule has 7 amide bonds. The first-order chi connectivity index (χ1) is 31.2. The topological polar surface area (TPSA) is 139 Å². The maximum atomic E-state index is 14.0. The Hall–Kier alpha value is -5.52. The zero-order chi connectivity index (χ0) is 44.6. The summed E-state index contributed by atoms with van der Waals surface area (Å²) in [5.74, 6) is -2.22. The van der Waals surface area contributed by atoms with Crippen LogP contribution in [0.15, 0.2) is 84.9 Å². The van der Waals surface area contributed by atoms with Crippen LogP contribution in [0.4, 0.5) is 4.79 Å². The van der Waals surface area contributed by atoms with Gasteiger partial charge in [-0.2, -0.15) is 0 Å². The van der Waals surface area contributed by atoms with Crippen molar-refractivity contribution in [3.8, 4) is 0 Å². The van der Waals surface area contributed by atoms with Gasteiger partial charge in [-0.3, -0.25) is 28.9 Å². The number of carbonyl (C=O) groups is 6. The van der Waals surface area contributed by atoms with Gasteiger partial charge < -0.3 is 25.3 Å². The van der Waals surface area contributed by atoms with E-state index in [1.165, 1.54) is 73.8 Å². The van der Waals surface area contributed by atoms with Crippen LogP contribution in [0.25, 0.3) is 0 Å². The molecule has 3 aliphatic heterocycles. The Labute approximate surface area is 378 Å². The quantitative estimate of drug-likeness (QED) is 0.0840. The van der Waals surface area contributed by atoms with Crippen LogP contribution >= 0.6 is 0 Å². The number of imide groups is 1. The van der Waals surface area contributed by atoms with Crippen molar-refractivity contribution >= 4 is 35.6 Å². The normalized spacial score (nSPS) is 24.7. The summed E-state index contributed by atoms with van der Waals surface area (Å²) in [6, 6.07) is 25.6. The standard InChI is InChI=1S/C52H66N6O6/c1-2-3-4-5-6-7-8-9-10-11-12-19-28-58-51(63)46-35-55(29-30-57(46)52(58)64)49(61)38-24-26-39(27-25-38)50(62)56-33-42(47(59)53-44-31-40(44)36-20-15-13-16-21-36)43(34-56)48(60)54-45-32-41(45)37-22-17-14-18-23-37/h13-18,20-27,40-46H,2-12,19,28-35H2,1H3,(H,53,59)(H,54,60)/t40-,41-,42-,43-,44+,45+,46?/m1/s1. The van der Waals surface area contributed by atoms with Crippen LogP contribution < -0.4 is 10.6 Å². The Morgan fingerprint density at radius 2 is 1.00 bits per heavy atom. The zero-order valence-corrected chi connectivity index (χ0v) is 37.5. The second-order valence-corrected chi connectivity index (χ2v) is 18.9. The molecular weight excluding hydrogens is 805 g/mol. The number of likely N-dealkylation sites (tertiary alicyclic amines) is 1. The highest BCUT2D eigenvalue weighted by molar-refractivity contribution is 6.05. The number of unbranched alkanes of at least 4 members (excludes halogenated alkanes) is 11. The molecule has 340 valence electrons. The second-order valence-electron chi connectivity index (χ2n) is 18.9. The lowest BCUT2D eigenvalue weighted by molar-refractivity contribution is -0.133. The van der Waals surface area contributed by atoms with Crippen LogP contribution in [-0.4, -0.2) is 113 Å². The maximum Gasteiger partial charge on any atom is 0.327 e. The fraction of sp³-hybridized carbons (Fsp3) is 0.538. The monoisotopic (exact) mass is 871 g/mol. The highest BCUT2D eigenvalue weighted by atomic mass is 16.2. The van der Waals surface area contributed by atoms with Crippen molar-refractivity contribution in [1.29, 1.82) is 0 Å². The van der Waals surface area contributed by atoms with E-state index in [0.29, 0.717) is 24.2 Å². The molecule has 0 aromatic heterocycles. The van der Waals surface area contributed by atoms with Crippen LogP contribution in [0, 0.1) is 11.8 Å². The molecule has 5 fully saturated rings. The summed E-state index contributed by atoms with van der Waals surface area (Å²) in [6.45, 7) is 3.58. The van der Waals surface area contributed by atoms with E-state index in [1.54, 1.807) is 39.0 Å². The fourth-order valence-corrected chi connectivity index (χ4v) is 10.2. The number of hydrogen-bond donors (Lipinski definition) is 2. The van der Waals surface area contributed by atoms with E-state index < -0.39 is 17.9 Å². The van der Waals surface area contributed by atoms with Crippen molar-refractivity contribution < 1.29 is 28.8 Å². The highest BCUT2D eigenvalue weighted by Gasteiger charge is 2.50. The largest absolute Gasteiger partial charge is 0.352 e. The molecule has 3 aromatic rings. The summed E-state index contributed by atoms with van der Waals surface area (Å²) in [6.07, 6.45) is 16.2. The van der Waals surface area contributed by atoms with Crippen molar-refractivity contribution in [2.45, 2.75) is 127 Å². The third-order valence-electron chi connectivity index (χ3n) is 14.3. The molecule has 12 heteroatoms. The summed E-state index contributed by atoms with van der Waals surface area (Å²) in [4.78, 5) is 88.4. The lowest BCUT2D eigenvalue weighted by atomic mass is 9.94. The number of rotatable bonds is 21. The van der Waals surface area contributed by atoms with E-state index in [9.17, 15) is 28.8 Å². The molecule has 5 aliphatic rings. The number of amides is 7. The molecule has 2 aliphatic carbocycles. The molecule has 7 atom stereocenters. The molecule has 3 saturated heterocycles. The number of hydrogen-bond acceptors (Lipinski definition) is 6. The van der Waals surface area contributed by atoms with Gasteiger partial charge in [-0.1, -0.05) is 138 Å². The lowest BCUT2D eigenvalue weighted by Crippen LogP contribution is -2.54. The average molecular weight is 871 g/mol. The van der Waals surface area contributed by atoms with Gasteiger partial charge in [0.2, 0.25) is 11.8 Å². The molecule has 0 spiro atoms. The molecule has 3 aromatic carbocycles. The van der Waals surface area contributed by atoms with Crippen molar-refractivity contribution in [1.82, 2.24) is 30.2 Å². The van der Waals surface area contributed by atoms with Crippen LogP contribution in [-0.2, 0) is 14.4 Å². The number of piperazine rings is 1. The Bertz CT molecular complexity index is 2040. The number of nitrogens with one attached hydrogen (secondary N) is 2. The molecule has 1 unspecified atom stereocenters. The van der Waals surface area contributed by atoms with E-state index in [1.807, 2.05) is 36.4 Å². The molecule has 0 bridgehead atoms. The summed E-state index contributed by atoms with van der Waals surface area (Å²) >= 11 is 0. The fourth-order valence-electron chi connectivity index (χ4n) is 10.2. The van der Waals surface area contributed by atoms with Crippen molar-refractivity contribution in [3.05, 3.63) is 107 Å². The molecule has 8 rings (SSSR count). The van der Waals surface area contributed by atoms with Crippen LogP contribution in [0.3, 0.4) is 0 Å². The summed E-state index contributed by atoms with van der Waals surface area (Å²) in [5, 5.41) is 6.37. The average Bonchev–Trinajstić information content (AvgIpc) is 4.22. The smallest absolute Gasteiger partial charge is 0.327 e. The third-order valence-corrected chi connectivity index (χ3v) is 14.3. The van der Waals surface area contributed by atoms with Crippen molar-refractivity contribution in [2.24, 2.45) is 11.8 Å². The van der Waals surface area contributed by atoms with Crippen molar-refractivity contribution in [2.75, 3.05) is 39.3 Å². The Kier molecular flexibility index (Phi) is 14.8. The first kappa shape index (κ1) is 45.1. The van der Waals surface area contributed by atoms with Crippen LogP contribution in [0.2, 0.25) is 0 Å². The van der Waals surface area contributed by atoms with E-state index in [4.69, 9.17) is 0 Å². The van der Waals surface area contributed by atoms with Gasteiger partial charge in [0.1, 0.15) is 6.04 Å². The Morgan fingerprint density at radius 3 is 1.48 bits per heavy atom. The second kappa shape index (κ2) is 21.0. The number of fused-ring (bicyclic) bond motifs is 1. The van der Waals surface area contributed by atoms with Gasteiger partial charge in [-0.05, 0) is 54.7 Å². The minimum Gasteiger partial charge on any atom is -0.352 e. The highest BCUT2D eigenvalue weighted by Crippen LogP contribution is 2.43. The predicted octanol–water partition coefficient (Wildman–Crippen LogP) is 7.51. The van der Waals surface area contributed by atoms with Crippen LogP contribution in [0.5, 0.6) is 0 Å². The Balaban J connectivity index is 0.825. The number of urea groups is 1. The molecule has 0 radical (unpaired) electrons. The summed E-state index contributed by atoms with van der Waals surface area (Å²) < 4.78 is 0. The van der Waals surface area contributed by atoms with Gasteiger partial charge in [-0.15, -0.1) is 0 Å². The SMILES string of the molecule is CCCCCCCCCCCCCCN1C(=O)C2CN(C(=O)c3ccc(C(=O)N4C[C@@H](C(=O)N[C@H]5C[C@@H]5c5ccccc5)[C@H](C(=O)N[C@H]5C[C@@H]5c5ccccc5)C4)cc3)CCN2C1=O. The van der Waals surface area contributed by atoms with E-state index in [2.05, 4.69) is 41.8 Å². The van der Waals surface area contributed by atoms with E-state index in [0.717, 1.165) is 32.1 Å². The zero-order valence-electron chi connectivity index (χ0n) is 37.5. The van der Waals surface area contributed by atoms with Gasteiger partial charge >= 0.3 is 6.03 Å². The maximum absolute atomic E-state index is 14.0. The minimum absolute atomic E-state index is 0.0161. The predicted molar refractivity (Wildman–Crippen MR) is 245 cm³/mol. The molecular formula is C52H66N6O6. The van der Waals surface area contributed by atoms with Gasteiger partial charge in [0.25, 0.3) is 17.7 Å². The van der Waals surface area contributed by atoms with Crippen molar-refractivity contribution in [3.63, 3.8) is 0 Å². The molecule has 3 heterocycles. The third kappa shape index (κ3) is 10.7. The van der Waals surface area contributed by atoms with Gasteiger partial charge in [0.15, 0.2) is 0 Å². The Morgan fingerprint density at radius 1 is 0.547 bits per heavy atom. The first-order valence-corrected chi connectivity index (χ1v) is 24.2. The van der Waals surface area contributed by atoms with Gasteiger partial charge in [0.05, 0.1) is 18.4 Å².